The number of nitrogens with zero attached hydrogens (tertiary/aromatic N) is 1. The van der Waals surface area contributed by atoms with Crippen molar-refractivity contribution < 1.29 is 17.9 Å². The molecule has 0 aliphatic rings. The Morgan fingerprint density at radius 2 is 2.00 bits per heavy atom. The Labute approximate surface area is 139 Å². The number of aromatic nitrogens is 1. The number of rotatable bonds is 6. The summed E-state index contributed by atoms with van der Waals surface area (Å²) in [5, 5.41) is 0.0546. The van der Waals surface area contributed by atoms with Crippen LogP contribution in [0, 0.1) is 0 Å². The number of methoxy groups -OCH3 is 1. The monoisotopic (exact) mass is 354 g/mol. The molecule has 122 valence electrons. The number of pyridine rings is 1. The summed E-state index contributed by atoms with van der Waals surface area (Å²) >= 11 is 5.66. The van der Waals surface area contributed by atoms with Crippen molar-refractivity contribution >= 4 is 27.5 Å². The zero-order valence-corrected chi connectivity index (χ0v) is 13.9. The van der Waals surface area contributed by atoms with Crippen LogP contribution in [0.5, 0.6) is 5.75 Å². The summed E-state index contributed by atoms with van der Waals surface area (Å²) in [6, 6.07) is 9.87. The van der Waals surface area contributed by atoms with Gasteiger partial charge in [0.1, 0.15) is 5.75 Å². The zero-order valence-electron chi connectivity index (χ0n) is 12.3. The Kier molecular flexibility index (Phi) is 5.57. The van der Waals surface area contributed by atoms with Crippen LogP contribution in [0.25, 0.3) is 0 Å². The first-order valence-corrected chi connectivity index (χ1v) is 8.57. The van der Waals surface area contributed by atoms with Gasteiger partial charge in [0.25, 0.3) is 10.0 Å². The number of nitrogens with one attached hydrogen (secondary N) is 1. The number of benzene rings is 1. The first kappa shape index (κ1) is 17.2. The van der Waals surface area contributed by atoms with E-state index < -0.39 is 15.9 Å². The van der Waals surface area contributed by atoms with E-state index in [4.69, 9.17) is 16.3 Å². The molecular formula is C15H15ClN2O4S. The van der Waals surface area contributed by atoms with Crippen molar-refractivity contribution in [2.75, 3.05) is 7.11 Å². The Bertz CT molecular complexity index is 791. The third-order valence-electron chi connectivity index (χ3n) is 3.04. The van der Waals surface area contributed by atoms with Crippen molar-refractivity contribution in [2.24, 2.45) is 0 Å². The first-order valence-electron chi connectivity index (χ1n) is 6.71. The molecule has 0 saturated heterocycles. The highest BCUT2D eigenvalue weighted by Gasteiger charge is 2.19. The lowest BCUT2D eigenvalue weighted by Gasteiger charge is -2.09. The molecule has 0 radical (unpaired) electrons. The van der Waals surface area contributed by atoms with Crippen molar-refractivity contribution in [3.05, 3.63) is 53.2 Å². The van der Waals surface area contributed by atoms with Crippen LogP contribution in [0.2, 0.25) is 5.02 Å². The molecule has 1 aromatic carbocycles. The minimum Gasteiger partial charge on any atom is -0.496 e. The maximum Gasteiger partial charge on any atom is 0.281 e. The summed E-state index contributed by atoms with van der Waals surface area (Å²) in [5.74, 6) is 0.0372. The fraction of sp³-hybridized carbons (Fsp3) is 0.200. The van der Waals surface area contributed by atoms with Crippen LogP contribution in [0.4, 0.5) is 0 Å². The number of halogens is 1. The number of hydrogen-bond donors (Lipinski definition) is 1. The largest absolute Gasteiger partial charge is 0.496 e. The van der Waals surface area contributed by atoms with Crippen molar-refractivity contribution in [3.8, 4) is 5.75 Å². The van der Waals surface area contributed by atoms with Gasteiger partial charge in [-0.1, -0.05) is 29.8 Å². The van der Waals surface area contributed by atoms with Gasteiger partial charge in [-0.25, -0.2) is 9.71 Å². The smallest absolute Gasteiger partial charge is 0.281 e. The SMILES string of the molecule is COc1ccccc1CCC(=O)NS(=O)(=O)c1ccc(Cl)cn1. The van der Waals surface area contributed by atoms with Gasteiger partial charge in [0.15, 0.2) is 5.03 Å². The van der Waals surface area contributed by atoms with E-state index in [1.165, 1.54) is 25.4 Å². The summed E-state index contributed by atoms with van der Waals surface area (Å²) in [4.78, 5) is 15.6. The first-order chi connectivity index (χ1) is 10.9. The van der Waals surface area contributed by atoms with Gasteiger partial charge in [-0.15, -0.1) is 0 Å². The average molecular weight is 355 g/mol. The molecule has 0 unspecified atom stereocenters. The van der Waals surface area contributed by atoms with Gasteiger partial charge in [0, 0.05) is 12.6 Å². The van der Waals surface area contributed by atoms with Gasteiger partial charge >= 0.3 is 0 Å². The highest BCUT2D eigenvalue weighted by Crippen LogP contribution is 2.19. The average Bonchev–Trinajstić information content (AvgIpc) is 2.53. The summed E-state index contributed by atoms with van der Waals surface area (Å²) in [6.45, 7) is 0. The molecule has 2 aromatic rings. The van der Waals surface area contributed by atoms with Crippen molar-refractivity contribution in [2.45, 2.75) is 17.9 Å². The van der Waals surface area contributed by atoms with Crippen LogP contribution in [0.3, 0.4) is 0 Å². The van der Waals surface area contributed by atoms with Crippen LogP contribution >= 0.6 is 11.6 Å². The molecule has 1 heterocycles. The normalized spacial score (nSPS) is 11.0. The minimum absolute atomic E-state index is 0.00714. The second kappa shape index (κ2) is 7.43. The molecule has 0 bridgehead atoms. The predicted octanol–water partition coefficient (Wildman–Crippen LogP) is 2.18. The van der Waals surface area contributed by atoms with Crippen molar-refractivity contribution in [1.29, 1.82) is 0 Å². The van der Waals surface area contributed by atoms with Gasteiger partial charge in [0.05, 0.1) is 12.1 Å². The highest BCUT2D eigenvalue weighted by atomic mass is 35.5. The van der Waals surface area contributed by atoms with Gasteiger partial charge in [-0.2, -0.15) is 8.42 Å². The molecule has 0 spiro atoms. The Morgan fingerprint density at radius 1 is 1.26 bits per heavy atom. The van der Waals surface area contributed by atoms with E-state index in [9.17, 15) is 13.2 Å². The van der Waals surface area contributed by atoms with E-state index in [2.05, 4.69) is 4.98 Å². The second-order valence-electron chi connectivity index (χ2n) is 4.66. The van der Waals surface area contributed by atoms with E-state index in [0.29, 0.717) is 17.2 Å². The lowest BCUT2D eigenvalue weighted by atomic mass is 10.1. The molecule has 1 amide bonds. The molecular weight excluding hydrogens is 340 g/mol. The van der Waals surface area contributed by atoms with Crippen LogP contribution < -0.4 is 9.46 Å². The van der Waals surface area contributed by atoms with E-state index in [0.717, 1.165) is 5.56 Å². The quantitative estimate of drug-likeness (QED) is 0.859. The maximum absolute atomic E-state index is 12.0. The maximum atomic E-state index is 12.0. The number of ether oxygens (including phenoxy) is 1. The number of hydrogen-bond acceptors (Lipinski definition) is 5. The van der Waals surface area contributed by atoms with Crippen LogP contribution in [0.15, 0.2) is 47.6 Å². The summed E-state index contributed by atoms with van der Waals surface area (Å²) in [7, 11) is -2.46. The van der Waals surface area contributed by atoms with E-state index >= 15 is 0 Å². The molecule has 8 heteroatoms. The molecule has 0 atom stereocenters. The van der Waals surface area contributed by atoms with Crippen LogP contribution in [-0.2, 0) is 21.2 Å². The van der Waals surface area contributed by atoms with Crippen LogP contribution in [-0.4, -0.2) is 26.4 Å². The lowest BCUT2D eigenvalue weighted by molar-refractivity contribution is -0.119. The van der Waals surface area contributed by atoms with E-state index in [1.54, 1.807) is 6.07 Å². The summed E-state index contributed by atoms with van der Waals surface area (Å²) in [6.07, 6.45) is 1.57. The second-order valence-corrected chi connectivity index (χ2v) is 6.72. The number of para-hydroxylation sites is 1. The molecule has 1 aromatic heterocycles. The molecule has 2 rings (SSSR count). The highest BCUT2D eigenvalue weighted by molar-refractivity contribution is 7.90. The number of carbonyl (C=O) groups excluding carboxylic acids is 1. The number of sulfonamides is 1. The lowest BCUT2D eigenvalue weighted by Crippen LogP contribution is -2.31. The van der Waals surface area contributed by atoms with Gasteiger partial charge < -0.3 is 4.74 Å². The van der Waals surface area contributed by atoms with Crippen LogP contribution in [0.1, 0.15) is 12.0 Å². The molecule has 0 aliphatic heterocycles. The van der Waals surface area contributed by atoms with Gasteiger partial charge in [0.2, 0.25) is 5.91 Å². The minimum atomic E-state index is -4.00. The molecule has 0 saturated carbocycles. The third-order valence-corrected chi connectivity index (χ3v) is 4.55. The Balaban J connectivity index is 2.00. The van der Waals surface area contributed by atoms with Crippen molar-refractivity contribution in [3.63, 3.8) is 0 Å². The molecule has 0 aliphatic carbocycles. The molecule has 6 nitrogen and oxygen atoms in total. The van der Waals surface area contributed by atoms with E-state index in [1.807, 2.05) is 22.9 Å². The Hall–Kier alpha value is -2.12. The fourth-order valence-corrected chi connectivity index (χ4v) is 2.99. The van der Waals surface area contributed by atoms with Crippen molar-refractivity contribution in [1.82, 2.24) is 9.71 Å². The molecule has 0 fully saturated rings. The topological polar surface area (TPSA) is 85.4 Å². The number of amides is 1. The fourth-order valence-electron chi connectivity index (χ4n) is 1.93. The third kappa shape index (κ3) is 4.67. The number of aryl methyl sites for hydroxylation is 1. The van der Waals surface area contributed by atoms with Gasteiger partial charge in [-0.3, -0.25) is 4.79 Å². The van der Waals surface area contributed by atoms with E-state index in [-0.39, 0.29) is 11.4 Å². The summed E-state index contributed by atoms with van der Waals surface area (Å²) < 4.78 is 31.2. The number of carbonyl (C=O) groups is 1. The standard InChI is InChI=1S/C15H15ClN2O4S/c1-22-13-5-3-2-4-11(13)6-8-14(19)18-23(20,21)15-9-7-12(16)10-17-15/h2-5,7,9-10H,6,8H2,1H3,(H,18,19). The van der Waals surface area contributed by atoms with Gasteiger partial charge in [-0.05, 0) is 30.2 Å². The molecule has 23 heavy (non-hydrogen) atoms. The predicted molar refractivity (Wildman–Crippen MR) is 85.9 cm³/mol. The molecule has 1 N–H and O–H groups in total. The summed E-state index contributed by atoms with van der Waals surface area (Å²) in [5.41, 5.74) is 0.826. The zero-order chi connectivity index (χ0) is 16.9. The Morgan fingerprint density at radius 3 is 2.65 bits per heavy atom.